The smallest absolute Gasteiger partial charge is 0.261 e. The van der Waals surface area contributed by atoms with Gasteiger partial charge in [-0.25, -0.2) is 4.98 Å². The van der Waals surface area contributed by atoms with E-state index in [1.807, 2.05) is 0 Å². The third-order valence-electron chi connectivity index (χ3n) is 4.13. The normalized spacial score (nSPS) is 12.1. The minimum Gasteiger partial charge on any atom is -0.491 e. The molecule has 0 aliphatic rings. The minimum atomic E-state index is -0.897. The van der Waals surface area contributed by atoms with Gasteiger partial charge in [0.1, 0.15) is 18.5 Å². The van der Waals surface area contributed by atoms with E-state index in [4.69, 9.17) is 16.3 Å². The lowest BCUT2D eigenvalue weighted by atomic mass is 10.1. The summed E-state index contributed by atoms with van der Waals surface area (Å²) >= 11 is 5.91. The maximum atomic E-state index is 12.5. The molecule has 27 heavy (non-hydrogen) atoms. The predicted octanol–water partition coefficient (Wildman–Crippen LogP) is 3.08. The van der Waals surface area contributed by atoms with Crippen molar-refractivity contribution in [3.05, 3.63) is 69.7 Å². The summed E-state index contributed by atoms with van der Waals surface area (Å²) in [5.74, 6) is 0.603. The van der Waals surface area contributed by atoms with Gasteiger partial charge in [0.15, 0.2) is 5.78 Å². The molecule has 0 saturated carbocycles. The first-order valence-electron chi connectivity index (χ1n) is 8.56. The molecular formula is C20H19ClN2O4. The Hall–Kier alpha value is -2.70. The summed E-state index contributed by atoms with van der Waals surface area (Å²) in [4.78, 5) is 28.3. The molecule has 3 rings (SSSR count). The van der Waals surface area contributed by atoms with Crippen molar-refractivity contribution in [1.82, 2.24) is 9.55 Å². The van der Waals surface area contributed by atoms with Gasteiger partial charge < -0.3 is 9.84 Å². The number of ketones is 1. The van der Waals surface area contributed by atoms with Crippen LogP contribution in [0.4, 0.5) is 0 Å². The fourth-order valence-electron chi connectivity index (χ4n) is 2.67. The molecule has 1 heterocycles. The highest BCUT2D eigenvalue weighted by Gasteiger charge is 2.11. The molecule has 0 amide bonds. The lowest BCUT2D eigenvalue weighted by Crippen LogP contribution is -2.30. The van der Waals surface area contributed by atoms with Crippen molar-refractivity contribution in [1.29, 1.82) is 0 Å². The summed E-state index contributed by atoms with van der Waals surface area (Å²) in [5.41, 5.74) is 0.883. The van der Waals surface area contributed by atoms with Crippen LogP contribution in [-0.4, -0.2) is 33.2 Å². The van der Waals surface area contributed by atoms with Crippen molar-refractivity contribution in [2.24, 2.45) is 0 Å². The number of halogens is 1. The van der Waals surface area contributed by atoms with E-state index in [0.29, 0.717) is 33.7 Å². The van der Waals surface area contributed by atoms with Crippen molar-refractivity contribution < 1.29 is 14.6 Å². The number of hydrogen-bond acceptors (Lipinski definition) is 5. The number of aliphatic hydroxyl groups excluding tert-OH is 1. The molecule has 1 atom stereocenters. The Balaban J connectivity index is 1.64. The molecule has 0 aliphatic heterocycles. The van der Waals surface area contributed by atoms with Crippen LogP contribution in [-0.2, 0) is 6.54 Å². The molecular weight excluding hydrogens is 368 g/mol. The van der Waals surface area contributed by atoms with Crippen LogP contribution in [0.2, 0.25) is 5.02 Å². The molecule has 0 spiro atoms. The van der Waals surface area contributed by atoms with E-state index in [0.717, 1.165) is 0 Å². The number of nitrogens with zero attached hydrogens (tertiary/aromatic N) is 2. The molecule has 6 nitrogen and oxygen atoms in total. The molecule has 7 heteroatoms. The Morgan fingerprint density at radius 2 is 2.00 bits per heavy atom. The van der Waals surface area contributed by atoms with Gasteiger partial charge in [0.05, 0.1) is 23.8 Å². The van der Waals surface area contributed by atoms with Crippen LogP contribution in [0.1, 0.15) is 23.7 Å². The second-order valence-corrected chi connectivity index (χ2v) is 6.57. The van der Waals surface area contributed by atoms with Crippen molar-refractivity contribution in [2.75, 3.05) is 6.61 Å². The molecule has 2 aromatic carbocycles. The largest absolute Gasteiger partial charge is 0.491 e. The van der Waals surface area contributed by atoms with Gasteiger partial charge in [-0.05, 0) is 42.5 Å². The van der Waals surface area contributed by atoms with Gasteiger partial charge in [-0.3, -0.25) is 14.2 Å². The lowest BCUT2D eigenvalue weighted by Gasteiger charge is -2.14. The van der Waals surface area contributed by atoms with Gasteiger partial charge in [-0.15, -0.1) is 0 Å². The van der Waals surface area contributed by atoms with Crippen LogP contribution in [0.15, 0.2) is 53.6 Å². The first-order chi connectivity index (χ1) is 13.0. The van der Waals surface area contributed by atoms with E-state index < -0.39 is 6.10 Å². The third kappa shape index (κ3) is 4.53. The van der Waals surface area contributed by atoms with Gasteiger partial charge in [0.2, 0.25) is 0 Å². The maximum Gasteiger partial charge on any atom is 0.261 e. The van der Waals surface area contributed by atoms with Gasteiger partial charge in [-0.1, -0.05) is 18.5 Å². The Kier molecular flexibility index (Phi) is 5.88. The zero-order valence-electron chi connectivity index (χ0n) is 14.8. The second-order valence-electron chi connectivity index (χ2n) is 6.13. The Bertz CT molecular complexity index is 1010. The quantitative estimate of drug-likeness (QED) is 0.631. The monoisotopic (exact) mass is 386 g/mol. The van der Waals surface area contributed by atoms with E-state index in [9.17, 15) is 14.7 Å². The number of hydrogen-bond donors (Lipinski definition) is 1. The number of carbonyl (C=O) groups excluding carboxylic acids is 1. The molecule has 0 fully saturated rings. The Labute approximate surface area is 161 Å². The van der Waals surface area contributed by atoms with Gasteiger partial charge in [-0.2, -0.15) is 0 Å². The summed E-state index contributed by atoms with van der Waals surface area (Å²) in [6, 6.07) is 11.6. The Morgan fingerprint density at radius 3 is 2.70 bits per heavy atom. The first-order valence-corrected chi connectivity index (χ1v) is 8.94. The molecule has 0 aliphatic carbocycles. The van der Waals surface area contributed by atoms with Crippen molar-refractivity contribution in [3.63, 3.8) is 0 Å². The predicted molar refractivity (Wildman–Crippen MR) is 104 cm³/mol. The highest BCUT2D eigenvalue weighted by atomic mass is 35.5. The number of rotatable bonds is 7. The summed E-state index contributed by atoms with van der Waals surface area (Å²) in [7, 11) is 0. The standard InChI is InChI=1S/C20H19ClN2O4/c1-2-19(25)13-3-6-16(7-4-13)27-11-15(24)10-23-12-22-18-9-14(21)5-8-17(18)20(23)26/h3-9,12,15,24H,2,10-11H2,1H3/t15-/m1/s1. The Morgan fingerprint density at radius 1 is 1.26 bits per heavy atom. The fourth-order valence-corrected chi connectivity index (χ4v) is 2.84. The molecule has 1 N–H and O–H groups in total. The SMILES string of the molecule is CCC(=O)c1ccc(OC[C@H](O)Cn2cnc3cc(Cl)ccc3c2=O)cc1. The van der Waals surface area contributed by atoms with E-state index in [1.165, 1.54) is 10.9 Å². The summed E-state index contributed by atoms with van der Waals surface area (Å²) in [6.45, 7) is 1.87. The highest BCUT2D eigenvalue weighted by molar-refractivity contribution is 6.31. The lowest BCUT2D eigenvalue weighted by molar-refractivity contribution is 0.0913. The number of aliphatic hydroxyl groups is 1. The number of Topliss-reactive ketones (excluding diaryl/α,β-unsaturated/α-hetero) is 1. The average molecular weight is 387 g/mol. The van der Waals surface area contributed by atoms with E-state index >= 15 is 0 Å². The van der Waals surface area contributed by atoms with Crippen LogP contribution < -0.4 is 10.3 Å². The van der Waals surface area contributed by atoms with Crippen molar-refractivity contribution in [3.8, 4) is 5.75 Å². The number of aromatic nitrogens is 2. The van der Waals surface area contributed by atoms with Crippen molar-refractivity contribution >= 4 is 28.3 Å². The molecule has 0 saturated heterocycles. The number of carbonyl (C=O) groups is 1. The topological polar surface area (TPSA) is 81.4 Å². The van der Waals surface area contributed by atoms with Gasteiger partial charge in [0.25, 0.3) is 5.56 Å². The maximum absolute atomic E-state index is 12.5. The van der Waals surface area contributed by atoms with Crippen molar-refractivity contribution in [2.45, 2.75) is 26.0 Å². The van der Waals surface area contributed by atoms with Gasteiger partial charge in [0, 0.05) is 17.0 Å². The molecule has 1 aromatic heterocycles. The minimum absolute atomic E-state index is 0.00612. The summed E-state index contributed by atoms with van der Waals surface area (Å²) in [5, 5.41) is 11.1. The van der Waals surface area contributed by atoms with Crippen LogP contribution in [0, 0.1) is 0 Å². The van der Waals surface area contributed by atoms with E-state index in [1.54, 1.807) is 49.4 Å². The number of fused-ring (bicyclic) bond motifs is 1. The molecule has 0 bridgehead atoms. The first kappa shape index (κ1) is 19.1. The summed E-state index contributed by atoms with van der Waals surface area (Å²) < 4.78 is 6.88. The zero-order valence-corrected chi connectivity index (χ0v) is 15.5. The van der Waals surface area contributed by atoms with Crippen LogP contribution in [0.5, 0.6) is 5.75 Å². The number of ether oxygens (including phenoxy) is 1. The zero-order chi connectivity index (χ0) is 19.4. The molecule has 0 unspecified atom stereocenters. The van der Waals surface area contributed by atoms with Crippen LogP contribution >= 0.6 is 11.6 Å². The van der Waals surface area contributed by atoms with Crippen LogP contribution in [0.3, 0.4) is 0 Å². The van der Waals surface area contributed by atoms with E-state index in [2.05, 4.69) is 4.98 Å². The third-order valence-corrected chi connectivity index (χ3v) is 4.37. The summed E-state index contributed by atoms with van der Waals surface area (Å²) in [6.07, 6.45) is 0.931. The van der Waals surface area contributed by atoms with E-state index in [-0.39, 0.29) is 24.5 Å². The molecule has 0 radical (unpaired) electrons. The van der Waals surface area contributed by atoms with Gasteiger partial charge >= 0.3 is 0 Å². The molecule has 3 aromatic rings. The second kappa shape index (κ2) is 8.33. The fraction of sp³-hybridized carbons (Fsp3) is 0.250. The average Bonchev–Trinajstić information content (AvgIpc) is 2.68. The number of benzene rings is 2. The van der Waals surface area contributed by atoms with Crippen LogP contribution in [0.25, 0.3) is 10.9 Å². The molecule has 140 valence electrons. The highest BCUT2D eigenvalue weighted by Crippen LogP contribution is 2.15.